The second-order valence-electron chi connectivity index (χ2n) is 3.96. The van der Waals surface area contributed by atoms with Crippen molar-refractivity contribution in [2.24, 2.45) is 0 Å². The van der Waals surface area contributed by atoms with Crippen molar-refractivity contribution in [1.29, 1.82) is 0 Å². The number of ether oxygens (including phenoxy) is 1. The van der Waals surface area contributed by atoms with Gasteiger partial charge in [0, 0.05) is 12.1 Å². The monoisotopic (exact) mass is 294 g/mol. The number of benzene rings is 1. The molecule has 0 atom stereocenters. The Morgan fingerprint density at radius 2 is 2.05 bits per heavy atom. The first-order valence-electron chi connectivity index (χ1n) is 5.71. The molecule has 0 aliphatic carbocycles. The van der Waals surface area contributed by atoms with Crippen LogP contribution >= 0.6 is 0 Å². The van der Waals surface area contributed by atoms with E-state index in [1.807, 2.05) is 0 Å². The minimum Gasteiger partial charge on any atom is -0.483 e. The number of halogens is 4. The molecule has 4 nitrogen and oxygen atoms in total. The average molecular weight is 294 g/mol. The van der Waals surface area contributed by atoms with Crippen molar-refractivity contribution in [3.63, 3.8) is 0 Å². The van der Waals surface area contributed by atoms with Gasteiger partial charge in [-0.3, -0.25) is 4.79 Å². The molecule has 1 aromatic rings. The summed E-state index contributed by atoms with van der Waals surface area (Å²) in [7, 11) is 1.64. The summed E-state index contributed by atoms with van der Waals surface area (Å²) < 4.78 is 53.8. The number of alkyl halides is 3. The van der Waals surface area contributed by atoms with Gasteiger partial charge in [0.15, 0.2) is 6.61 Å². The van der Waals surface area contributed by atoms with Gasteiger partial charge in [-0.2, -0.15) is 13.2 Å². The van der Waals surface area contributed by atoms with Gasteiger partial charge >= 0.3 is 6.18 Å². The zero-order valence-corrected chi connectivity index (χ0v) is 10.7. The van der Waals surface area contributed by atoms with Gasteiger partial charge in [0.2, 0.25) is 0 Å². The molecule has 1 amide bonds. The van der Waals surface area contributed by atoms with Crippen LogP contribution in [0.1, 0.15) is 5.56 Å². The molecule has 1 aromatic carbocycles. The van der Waals surface area contributed by atoms with E-state index in [0.29, 0.717) is 12.1 Å². The third-order valence-electron chi connectivity index (χ3n) is 2.23. The predicted molar refractivity (Wildman–Crippen MR) is 63.7 cm³/mol. The lowest BCUT2D eigenvalue weighted by Crippen LogP contribution is -2.36. The number of rotatable bonds is 6. The molecule has 0 radical (unpaired) electrons. The molecule has 0 saturated carbocycles. The summed E-state index contributed by atoms with van der Waals surface area (Å²) in [6.45, 7) is -1.68. The molecular formula is C12H14F4N2O2. The highest BCUT2D eigenvalue weighted by Crippen LogP contribution is 2.19. The molecule has 0 spiro atoms. The zero-order valence-electron chi connectivity index (χ0n) is 10.7. The zero-order chi connectivity index (χ0) is 15.2. The Morgan fingerprint density at radius 1 is 1.35 bits per heavy atom. The van der Waals surface area contributed by atoms with Crippen LogP contribution in [-0.4, -0.2) is 32.3 Å². The van der Waals surface area contributed by atoms with Crippen molar-refractivity contribution in [2.75, 3.05) is 20.2 Å². The van der Waals surface area contributed by atoms with Gasteiger partial charge in [0.1, 0.15) is 18.1 Å². The van der Waals surface area contributed by atoms with Crippen molar-refractivity contribution in [3.05, 3.63) is 29.6 Å². The van der Waals surface area contributed by atoms with E-state index in [-0.39, 0.29) is 5.75 Å². The van der Waals surface area contributed by atoms with E-state index >= 15 is 0 Å². The lowest BCUT2D eigenvalue weighted by Gasteiger charge is -2.12. The smallest absolute Gasteiger partial charge is 0.405 e. The highest BCUT2D eigenvalue weighted by atomic mass is 19.4. The molecule has 0 aromatic heterocycles. The fraction of sp³-hybridized carbons (Fsp3) is 0.417. The van der Waals surface area contributed by atoms with Gasteiger partial charge in [-0.25, -0.2) is 4.39 Å². The third-order valence-corrected chi connectivity index (χ3v) is 2.23. The van der Waals surface area contributed by atoms with E-state index in [2.05, 4.69) is 5.32 Å². The fourth-order valence-corrected chi connectivity index (χ4v) is 1.41. The Labute approximate surface area is 113 Å². The maximum Gasteiger partial charge on any atom is 0.405 e. The summed E-state index contributed by atoms with van der Waals surface area (Å²) in [5.41, 5.74) is 0.469. The molecule has 0 aliphatic heterocycles. The Bertz CT molecular complexity index is 463. The molecule has 20 heavy (non-hydrogen) atoms. The van der Waals surface area contributed by atoms with Crippen LogP contribution < -0.4 is 15.4 Å². The number of amides is 1. The summed E-state index contributed by atoms with van der Waals surface area (Å²) in [4.78, 5) is 11.2. The first kappa shape index (κ1) is 16.2. The molecule has 0 aliphatic rings. The Kier molecular flexibility index (Phi) is 5.75. The molecule has 0 heterocycles. The summed E-state index contributed by atoms with van der Waals surface area (Å²) in [6, 6.07) is 3.68. The van der Waals surface area contributed by atoms with Crippen LogP contribution in [0.5, 0.6) is 5.75 Å². The molecule has 0 fully saturated rings. The van der Waals surface area contributed by atoms with Crippen LogP contribution in [0.25, 0.3) is 0 Å². The topological polar surface area (TPSA) is 50.4 Å². The highest BCUT2D eigenvalue weighted by Gasteiger charge is 2.27. The second-order valence-corrected chi connectivity index (χ2v) is 3.96. The standard InChI is InChI=1S/C12H14F4N2O2/c1-17-5-8-4-9(13)2-3-10(8)20-6-11(19)18-7-12(14,15)16/h2-4,17H,5-7H2,1H3,(H,18,19). The minimum atomic E-state index is -4.47. The Balaban J connectivity index is 2.54. The van der Waals surface area contributed by atoms with Gasteiger partial charge in [-0.15, -0.1) is 0 Å². The SMILES string of the molecule is CNCc1cc(F)ccc1OCC(=O)NCC(F)(F)F. The van der Waals surface area contributed by atoms with Crippen molar-refractivity contribution in [3.8, 4) is 5.75 Å². The normalized spacial score (nSPS) is 11.2. The summed E-state index contributed by atoms with van der Waals surface area (Å²) in [5, 5.41) is 4.47. The number of carbonyl (C=O) groups is 1. The fourth-order valence-electron chi connectivity index (χ4n) is 1.41. The van der Waals surface area contributed by atoms with Crippen LogP contribution in [0.15, 0.2) is 18.2 Å². The Hall–Kier alpha value is -1.83. The van der Waals surface area contributed by atoms with E-state index in [4.69, 9.17) is 4.74 Å². The quantitative estimate of drug-likeness (QED) is 0.784. The lowest BCUT2D eigenvalue weighted by molar-refractivity contribution is -0.139. The molecule has 1 rings (SSSR count). The van der Waals surface area contributed by atoms with Crippen LogP contribution in [0.2, 0.25) is 0 Å². The van der Waals surface area contributed by atoms with Crippen LogP contribution in [-0.2, 0) is 11.3 Å². The van der Waals surface area contributed by atoms with Crippen LogP contribution in [0, 0.1) is 5.82 Å². The van der Waals surface area contributed by atoms with E-state index in [9.17, 15) is 22.4 Å². The van der Waals surface area contributed by atoms with Gasteiger partial charge < -0.3 is 15.4 Å². The molecule has 0 bridgehead atoms. The van der Waals surface area contributed by atoms with Crippen LogP contribution in [0.3, 0.4) is 0 Å². The van der Waals surface area contributed by atoms with E-state index in [1.54, 1.807) is 12.4 Å². The van der Waals surface area contributed by atoms with Crippen molar-refractivity contribution >= 4 is 5.91 Å². The Morgan fingerprint density at radius 3 is 2.65 bits per heavy atom. The highest BCUT2D eigenvalue weighted by molar-refractivity contribution is 5.77. The van der Waals surface area contributed by atoms with E-state index in [0.717, 1.165) is 6.07 Å². The lowest BCUT2D eigenvalue weighted by atomic mass is 10.2. The number of hydrogen-bond acceptors (Lipinski definition) is 3. The van der Waals surface area contributed by atoms with Gasteiger partial charge in [-0.05, 0) is 25.2 Å². The summed E-state index contributed by atoms with van der Waals surface area (Å²) >= 11 is 0. The van der Waals surface area contributed by atoms with Crippen molar-refractivity contribution in [2.45, 2.75) is 12.7 Å². The minimum absolute atomic E-state index is 0.239. The predicted octanol–water partition coefficient (Wildman–Crippen LogP) is 1.60. The molecule has 2 N–H and O–H groups in total. The molecule has 8 heteroatoms. The summed E-state index contributed by atoms with van der Waals surface area (Å²) in [5.74, 6) is -1.13. The second kappa shape index (κ2) is 7.09. The first-order chi connectivity index (χ1) is 9.31. The molecule has 0 saturated heterocycles. The largest absolute Gasteiger partial charge is 0.483 e. The van der Waals surface area contributed by atoms with E-state index < -0.39 is 31.1 Å². The van der Waals surface area contributed by atoms with Gasteiger partial charge in [0.05, 0.1) is 0 Å². The first-order valence-corrected chi connectivity index (χ1v) is 5.71. The number of nitrogens with one attached hydrogen (secondary N) is 2. The molecule has 112 valence electrons. The van der Waals surface area contributed by atoms with E-state index in [1.165, 1.54) is 12.1 Å². The van der Waals surface area contributed by atoms with Gasteiger partial charge in [0.25, 0.3) is 5.91 Å². The van der Waals surface area contributed by atoms with Crippen LogP contribution in [0.4, 0.5) is 17.6 Å². The third kappa shape index (κ3) is 5.87. The van der Waals surface area contributed by atoms with Gasteiger partial charge in [-0.1, -0.05) is 0 Å². The average Bonchev–Trinajstić information content (AvgIpc) is 2.35. The van der Waals surface area contributed by atoms with Crippen molar-refractivity contribution < 1.29 is 27.1 Å². The van der Waals surface area contributed by atoms with Crippen molar-refractivity contribution in [1.82, 2.24) is 10.6 Å². The maximum atomic E-state index is 13.0. The molecular weight excluding hydrogens is 280 g/mol. The maximum absolute atomic E-state index is 13.0. The number of carbonyl (C=O) groups excluding carboxylic acids is 1. The number of hydrogen-bond donors (Lipinski definition) is 2. The summed E-state index contributed by atoms with van der Waals surface area (Å²) in [6.07, 6.45) is -4.47. The molecule has 0 unspecified atom stereocenters.